The average molecular weight is 649 g/mol. The highest BCUT2D eigenvalue weighted by Gasteiger charge is 2.39. The zero-order valence-corrected chi connectivity index (χ0v) is 28.3. The van der Waals surface area contributed by atoms with E-state index in [0.29, 0.717) is 32.2 Å². The second-order valence-corrected chi connectivity index (χ2v) is 13.0. The van der Waals surface area contributed by atoms with E-state index >= 15 is 0 Å². The van der Waals surface area contributed by atoms with E-state index in [1.165, 1.54) is 64.1 Å². The van der Waals surface area contributed by atoms with E-state index in [1.807, 2.05) is 20.8 Å². The van der Waals surface area contributed by atoms with Gasteiger partial charge in [-0.1, -0.05) is 44.9 Å². The van der Waals surface area contributed by atoms with Crippen molar-refractivity contribution in [2.75, 3.05) is 40.6 Å². The number of unbranched alkanes of at least 4 members (excludes halogenated alkanes) is 8. The molecule has 0 unspecified atom stereocenters. The summed E-state index contributed by atoms with van der Waals surface area (Å²) in [7, 11) is -0.193. The van der Waals surface area contributed by atoms with Crippen molar-refractivity contribution in [2.45, 2.75) is 84.6 Å². The number of hydrogen-bond acceptors (Lipinski definition) is 11. The van der Waals surface area contributed by atoms with Gasteiger partial charge < -0.3 is 27.5 Å². The van der Waals surface area contributed by atoms with Crippen LogP contribution in [0.3, 0.4) is 0 Å². The Bertz CT molecular complexity index is 1180. The Kier molecular flexibility index (Phi) is 17.3. The van der Waals surface area contributed by atoms with Crippen LogP contribution in [0, 0.1) is 10.1 Å². The summed E-state index contributed by atoms with van der Waals surface area (Å²) in [5, 5.41) is 11.9. The highest BCUT2D eigenvalue weighted by Crippen LogP contribution is 2.38. The van der Waals surface area contributed by atoms with Crippen LogP contribution in [0.25, 0.3) is 11.1 Å². The lowest BCUT2D eigenvalue weighted by atomic mass is 9.95. The molecule has 1 aromatic heterocycles. The molecule has 0 saturated heterocycles. The van der Waals surface area contributed by atoms with Crippen LogP contribution in [0.4, 0.5) is 5.69 Å². The van der Waals surface area contributed by atoms with Crippen molar-refractivity contribution >= 4 is 26.4 Å². The van der Waals surface area contributed by atoms with Crippen molar-refractivity contribution < 1.29 is 42.0 Å². The lowest BCUT2D eigenvalue weighted by molar-refractivity contribution is -0.384. The number of rotatable bonds is 23. The number of methoxy groups -OCH3 is 2. The molecule has 0 aliphatic carbocycles. The summed E-state index contributed by atoms with van der Waals surface area (Å²) >= 11 is 0. The molecule has 1 heterocycles. The molecule has 45 heavy (non-hydrogen) atoms. The molecule has 0 N–H and O–H groups in total. The average Bonchev–Trinajstić information content (AvgIpc) is 3.04. The molecule has 2 rings (SSSR count). The van der Waals surface area contributed by atoms with E-state index in [1.54, 1.807) is 0 Å². The largest absolute Gasteiger partial charge is 0.500 e. The molecule has 13 heteroatoms. The highest BCUT2D eigenvalue weighted by atomic mass is 28.4. The summed E-state index contributed by atoms with van der Waals surface area (Å²) < 4.78 is 33.4. The Morgan fingerprint density at radius 1 is 0.778 bits per heavy atom. The third-order valence-electron chi connectivity index (χ3n) is 7.18. The van der Waals surface area contributed by atoms with Crippen LogP contribution in [0.2, 0.25) is 6.04 Å². The SMILES string of the molecule is CCO[Si](CCCCCCCCCCCOc1ccc([N+](=O)[O-])c(-c2c(C(=O)OC)cncc2C(=O)OC)c1)(OCC)OCC. The minimum atomic E-state index is -2.54. The summed E-state index contributed by atoms with van der Waals surface area (Å²) in [6, 6.07) is 5.11. The zero-order chi connectivity index (χ0) is 33.1. The maximum atomic E-state index is 12.5. The van der Waals surface area contributed by atoms with Crippen LogP contribution in [0.5, 0.6) is 5.75 Å². The van der Waals surface area contributed by atoms with Crippen LogP contribution in [-0.2, 0) is 22.8 Å². The number of benzene rings is 1. The van der Waals surface area contributed by atoms with E-state index in [4.69, 9.17) is 27.5 Å². The van der Waals surface area contributed by atoms with E-state index in [-0.39, 0.29) is 27.9 Å². The van der Waals surface area contributed by atoms with Gasteiger partial charge in [0, 0.05) is 49.9 Å². The molecular weight excluding hydrogens is 600 g/mol. The number of carbonyl (C=O) groups is 2. The molecule has 0 fully saturated rings. The quantitative estimate of drug-likeness (QED) is 0.0397. The lowest BCUT2D eigenvalue weighted by Gasteiger charge is -2.28. The first-order valence-corrected chi connectivity index (χ1v) is 17.7. The summed E-state index contributed by atoms with van der Waals surface area (Å²) in [4.78, 5) is 40.2. The van der Waals surface area contributed by atoms with Gasteiger partial charge >= 0.3 is 20.7 Å². The second kappa shape index (κ2) is 20.6. The number of ether oxygens (including phenoxy) is 3. The second-order valence-electron chi connectivity index (χ2n) is 10.3. The van der Waals surface area contributed by atoms with Gasteiger partial charge in [-0.05, 0) is 45.7 Å². The fourth-order valence-corrected chi connectivity index (χ4v) is 7.80. The smallest absolute Gasteiger partial charge is 0.494 e. The Morgan fingerprint density at radius 3 is 1.73 bits per heavy atom. The first-order valence-electron chi connectivity index (χ1n) is 15.7. The van der Waals surface area contributed by atoms with Crippen molar-refractivity contribution in [3.63, 3.8) is 0 Å². The number of esters is 2. The summed E-state index contributed by atoms with van der Waals surface area (Å²) in [6.07, 6.45) is 12.2. The normalized spacial score (nSPS) is 11.3. The molecule has 12 nitrogen and oxygen atoms in total. The lowest BCUT2D eigenvalue weighted by Crippen LogP contribution is -2.45. The summed E-state index contributed by atoms with van der Waals surface area (Å²) in [5.41, 5.74) is -0.472. The monoisotopic (exact) mass is 648 g/mol. The Hall–Kier alpha value is -3.39. The van der Waals surface area contributed by atoms with Gasteiger partial charge in [-0.3, -0.25) is 15.1 Å². The fraction of sp³-hybridized carbons (Fsp3) is 0.594. The fourth-order valence-electron chi connectivity index (χ4n) is 5.12. The Balaban J connectivity index is 1.86. The third-order valence-corrected chi connectivity index (χ3v) is 10.3. The van der Waals surface area contributed by atoms with Gasteiger partial charge in [-0.25, -0.2) is 9.59 Å². The van der Waals surface area contributed by atoms with E-state index in [2.05, 4.69) is 4.98 Å². The standard InChI is InChI=1S/C32H48N2O10Si/c1-6-42-45(43-7-2,44-8-3)21-17-15-13-11-9-10-12-14-16-20-41-25-18-19-29(34(37)38)26(22-25)30-27(31(35)39-4)23-33-24-28(30)32(36)40-5/h18-19,22-24H,6-17,20-21H2,1-5H3. The van der Waals surface area contributed by atoms with Gasteiger partial charge in [0.25, 0.3) is 5.69 Å². The van der Waals surface area contributed by atoms with E-state index in [0.717, 1.165) is 44.6 Å². The molecule has 0 bridgehead atoms. The number of carbonyl (C=O) groups excluding carboxylic acids is 2. The van der Waals surface area contributed by atoms with Crippen LogP contribution in [0.15, 0.2) is 30.6 Å². The molecular formula is C32H48N2O10Si. The molecule has 0 aliphatic rings. The van der Waals surface area contributed by atoms with Gasteiger partial charge in [-0.2, -0.15) is 0 Å². The number of nitro groups is 1. The number of hydrogen-bond donors (Lipinski definition) is 0. The topological polar surface area (TPSA) is 146 Å². The molecule has 0 saturated carbocycles. The first kappa shape index (κ1) is 37.8. The summed E-state index contributed by atoms with van der Waals surface area (Å²) in [6.45, 7) is 8.18. The van der Waals surface area contributed by atoms with Gasteiger partial charge in [0.15, 0.2) is 0 Å². The van der Waals surface area contributed by atoms with Crippen molar-refractivity contribution in [1.82, 2.24) is 4.98 Å². The number of nitro benzene ring substituents is 1. The van der Waals surface area contributed by atoms with E-state index < -0.39 is 25.7 Å². The Morgan fingerprint density at radius 2 is 1.27 bits per heavy atom. The van der Waals surface area contributed by atoms with Gasteiger partial charge in [0.1, 0.15) is 5.75 Å². The van der Waals surface area contributed by atoms with Crippen molar-refractivity contribution in [3.05, 3.63) is 51.8 Å². The van der Waals surface area contributed by atoms with Crippen LogP contribution < -0.4 is 4.74 Å². The van der Waals surface area contributed by atoms with Crippen LogP contribution in [-0.4, -0.2) is 71.3 Å². The first-order chi connectivity index (χ1) is 21.8. The molecule has 0 radical (unpaired) electrons. The van der Waals surface area contributed by atoms with Crippen molar-refractivity contribution in [2.24, 2.45) is 0 Å². The maximum Gasteiger partial charge on any atom is 0.500 e. The van der Waals surface area contributed by atoms with E-state index in [9.17, 15) is 19.7 Å². The number of pyridine rings is 1. The predicted octanol–water partition coefficient (Wildman–Crippen LogP) is 7.17. The molecule has 250 valence electrons. The van der Waals surface area contributed by atoms with Crippen molar-refractivity contribution in [3.8, 4) is 16.9 Å². The minimum Gasteiger partial charge on any atom is -0.494 e. The zero-order valence-electron chi connectivity index (χ0n) is 27.3. The number of nitrogens with zero attached hydrogens (tertiary/aromatic N) is 2. The van der Waals surface area contributed by atoms with Crippen molar-refractivity contribution in [1.29, 1.82) is 0 Å². The number of aromatic nitrogens is 1. The molecule has 0 aliphatic heterocycles. The maximum absolute atomic E-state index is 12.5. The summed E-state index contributed by atoms with van der Waals surface area (Å²) in [5.74, 6) is -1.21. The molecule has 0 atom stereocenters. The van der Waals surface area contributed by atoms with Gasteiger partial charge in [0.05, 0.1) is 42.4 Å². The Labute approximate surface area is 267 Å². The minimum absolute atomic E-state index is 0.000119. The van der Waals surface area contributed by atoms with Crippen LogP contribution in [0.1, 0.15) is 99.3 Å². The molecule has 0 amide bonds. The molecule has 2 aromatic rings. The molecule has 1 aromatic carbocycles. The third kappa shape index (κ3) is 11.8. The molecule has 0 spiro atoms. The highest BCUT2D eigenvalue weighted by molar-refractivity contribution is 6.60. The van der Waals surface area contributed by atoms with Crippen LogP contribution >= 0.6 is 0 Å². The van der Waals surface area contributed by atoms with Gasteiger partial charge in [-0.15, -0.1) is 0 Å². The predicted molar refractivity (Wildman–Crippen MR) is 171 cm³/mol. The van der Waals surface area contributed by atoms with Gasteiger partial charge in [0.2, 0.25) is 0 Å².